The van der Waals surface area contributed by atoms with Gasteiger partial charge in [0.05, 0.1) is 9.79 Å². The van der Waals surface area contributed by atoms with Gasteiger partial charge in [0.1, 0.15) is 0 Å². The van der Waals surface area contributed by atoms with Gasteiger partial charge in [0, 0.05) is 19.1 Å². The second kappa shape index (κ2) is 7.24. The summed E-state index contributed by atoms with van der Waals surface area (Å²) < 4.78 is 51.7. The van der Waals surface area contributed by atoms with E-state index in [1.165, 1.54) is 35.6 Å². The summed E-state index contributed by atoms with van der Waals surface area (Å²) in [6.45, 7) is 0.728. The highest BCUT2D eigenvalue weighted by molar-refractivity contribution is 7.89. The standard InChI is InChI=1S/C12H19N3O4S2.ClH/c1-14-20(16,17)11-4-6-12(7-5-11)21(18,19)15-8-2-3-10(13)9-15;/h4-7,10,14H,2-3,8-9,13H2,1H3;1H/t10-;/m1./s1. The minimum absolute atomic E-state index is 0. The van der Waals surface area contributed by atoms with Crippen molar-refractivity contribution in [3.63, 3.8) is 0 Å². The number of rotatable bonds is 4. The van der Waals surface area contributed by atoms with Gasteiger partial charge in [-0.25, -0.2) is 21.6 Å². The van der Waals surface area contributed by atoms with Crippen LogP contribution in [0.1, 0.15) is 12.8 Å². The third kappa shape index (κ3) is 3.98. The van der Waals surface area contributed by atoms with E-state index in [1.807, 2.05) is 0 Å². The van der Waals surface area contributed by atoms with Crippen molar-refractivity contribution in [2.45, 2.75) is 28.7 Å². The fourth-order valence-electron chi connectivity index (χ4n) is 2.25. The SMILES string of the molecule is CNS(=O)(=O)c1ccc(S(=O)(=O)N2CCC[C@@H](N)C2)cc1.Cl. The van der Waals surface area contributed by atoms with Crippen molar-refractivity contribution in [1.82, 2.24) is 9.03 Å². The fraction of sp³-hybridized carbons (Fsp3) is 0.500. The molecule has 1 fully saturated rings. The molecule has 3 N–H and O–H groups in total. The molecule has 0 aliphatic carbocycles. The van der Waals surface area contributed by atoms with Crippen molar-refractivity contribution in [2.24, 2.45) is 5.73 Å². The Kier molecular flexibility index (Phi) is 6.36. The van der Waals surface area contributed by atoms with Gasteiger partial charge in [-0.2, -0.15) is 4.31 Å². The van der Waals surface area contributed by atoms with E-state index in [4.69, 9.17) is 5.73 Å². The van der Waals surface area contributed by atoms with Gasteiger partial charge < -0.3 is 5.73 Å². The molecule has 0 unspecified atom stereocenters. The lowest BCUT2D eigenvalue weighted by molar-refractivity contribution is 0.316. The number of nitrogens with one attached hydrogen (secondary N) is 1. The fourth-order valence-corrected chi connectivity index (χ4v) is 4.52. The van der Waals surface area contributed by atoms with Crippen LogP contribution in [-0.4, -0.2) is 47.3 Å². The number of hydrogen-bond donors (Lipinski definition) is 2. The third-order valence-corrected chi connectivity index (χ3v) is 6.77. The van der Waals surface area contributed by atoms with Crippen LogP contribution in [0.4, 0.5) is 0 Å². The maximum Gasteiger partial charge on any atom is 0.243 e. The van der Waals surface area contributed by atoms with E-state index in [9.17, 15) is 16.8 Å². The van der Waals surface area contributed by atoms with Crippen LogP contribution < -0.4 is 10.5 Å². The maximum atomic E-state index is 12.5. The molecule has 22 heavy (non-hydrogen) atoms. The summed E-state index contributed by atoms with van der Waals surface area (Å²) in [6, 6.07) is 5.02. The van der Waals surface area contributed by atoms with Crippen molar-refractivity contribution in [1.29, 1.82) is 0 Å². The summed E-state index contributed by atoms with van der Waals surface area (Å²) in [7, 11) is -5.90. The lowest BCUT2D eigenvalue weighted by Crippen LogP contribution is -2.45. The molecule has 0 saturated carbocycles. The van der Waals surface area contributed by atoms with E-state index >= 15 is 0 Å². The first kappa shape index (κ1) is 19.3. The number of benzene rings is 1. The van der Waals surface area contributed by atoms with Crippen LogP contribution >= 0.6 is 12.4 Å². The topological polar surface area (TPSA) is 110 Å². The molecule has 2 rings (SSSR count). The lowest BCUT2D eigenvalue weighted by Gasteiger charge is -2.29. The normalized spacial score (nSPS) is 20.4. The first-order valence-corrected chi connectivity index (χ1v) is 9.49. The molecule has 0 radical (unpaired) electrons. The molecule has 0 spiro atoms. The van der Waals surface area contributed by atoms with E-state index < -0.39 is 20.0 Å². The second-order valence-corrected chi connectivity index (χ2v) is 8.77. The first-order valence-electron chi connectivity index (χ1n) is 6.57. The molecular weight excluding hydrogens is 350 g/mol. The molecule has 1 atom stereocenters. The Morgan fingerprint density at radius 2 is 1.68 bits per heavy atom. The van der Waals surface area contributed by atoms with Gasteiger partial charge in [-0.15, -0.1) is 12.4 Å². The van der Waals surface area contributed by atoms with Crippen molar-refractivity contribution in [3.05, 3.63) is 24.3 Å². The summed E-state index contributed by atoms with van der Waals surface area (Å²) in [4.78, 5) is 0.103. The van der Waals surface area contributed by atoms with Crippen LogP contribution in [0.3, 0.4) is 0 Å². The van der Waals surface area contributed by atoms with Crippen LogP contribution in [0.25, 0.3) is 0 Å². The minimum Gasteiger partial charge on any atom is -0.327 e. The van der Waals surface area contributed by atoms with Gasteiger partial charge in [-0.05, 0) is 44.2 Å². The number of nitrogens with zero attached hydrogens (tertiary/aromatic N) is 1. The number of hydrogen-bond acceptors (Lipinski definition) is 5. The Labute approximate surface area is 137 Å². The van der Waals surface area contributed by atoms with Gasteiger partial charge in [-0.1, -0.05) is 0 Å². The Bertz CT molecular complexity index is 704. The van der Waals surface area contributed by atoms with Crippen LogP contribution in [-0.2, 0) is 20.0 Å². The highest BCUT2D eigenvalue weighted by Gasteiger charge is 2.29. The summed E-state index contributed by atoms with van der Waals surface area (Å²) in [5.41, 5.74) is 5.81. The Hall–Kier alpha value is -0.710. The predicted octanol–water partition coefficient (Wildman–Crippen LogP) is 0.128. The largest absolute Gasteiger partial charge is 0.327 e. The van der Waals surface area contributed by atoms with E-state index in [-0.39, 0.29) is 28.2 Å². The molecule has 0 aromatic heterocycles. The average molecular weight is 370 g/mol. The van der Waals surface area contributed by atoms with E-state index in [0.29, 0.717) is 13.1 Å². The number of halogens is 1. The number of sulfonamides is 2. The summed E-state index contributed by atoms with van der Waals surface area (Å²) in [6.07, 6.45) is 1.54. The maximum absolute atomic E-state index is 12.5. The molecule has 1 heterocycles. The van der Waals surface area contributed by atoms with Gasteiger partial charge in [0.2, 0.25) is 20.0 Å². The smallest absolute Gasteiger partial charge is 0.243 e. The monoisotopic (exact) mass is 369 g/mol. The van der Waals surface area contributed by atoms with Crippen LogP contribution in [0, 0.1) is 0 Å². The summed E-state index contributed by atoms with van der Waals surface area (Å²) in [5, 5.41) is 0. The van der Waals surface area contributed by atoms with Crippen molar-refractivity contribution >= 4 is 32.5 Å². The molecule has 0 amide bonds. The van der Waals surface area contributed by atoms with Crippen molar-refractivity contribution in [2.75, 3.05) is 20.1 Å². The van der Waals surface area contributed by atoms with Gasteiger partial charge in [0.25, 0.3) is 0 Å². The quantitative estimate of drug-likeness (QED) is 0.783. The molecule has 0 bridgehead atoms. The van der Waals surface area contributed by atoms with E-state index in [2.05, 4.69) is 4.72 Å². The number of nitrogens with two attached hydrogens (primary N) is 1. The lowest BCUT2D eigenvalue weighted by atomic mass is 10.1. The van der Waals surface area contributed by atoms with Crippen LogP contribution in [0.5, 0.6) is 0 Å². The highest BCUT2D eigenvalue weighted by atomic mass is 35.5. The Morgan fingerprint density at radius 3 is 2.18 bits per heavy atom. The van der Waals surface area contributed by atoms with Gasteiger partial charge in [0.15, 0.2) is 0 Å². The molecule has 1 aliphatic heterocycles. The second-order valence-electron chi connectivity index (χ2n) is 4.94. The van der Waals surface area contributed by atoms with Gasteiger partial charge in [-0.3, -0.25) is 0 Å². The third-order valence-electron chi connectivity index (χ3n) is 3.46. The highest BCUT2D eigenvalue weighted by Crippen LogP contribution is 2.21. The molecule has 7 nitrogen and oxygen atoms in total. The predicted molar refractivity (Wildman–Crippen MR) is 85.9 cm³/mol. The van der Waals surface area contributed by atoms with Gasteiger partial charge >= 0.3 is 0 Å². The van der Waals surface area contributed by atoms with Crippen LogP contribution in [0.15, 0.2) is 34.1 Å². The zero-order valence-corrected chi connectivity index (χ0v) is 14.5. The molecule has 1 aromatic rings. The molecule has 126 valence electrons. The molecule has 10 heteroatoms. The average Bonchev–Trinajstić information content (AvgIpc) is 2.47. The molecular formula is C12H20ClN3O4S2. The first-order chi connectivity index (χ1) is 9.77. The Balaban J connectivity index is 0.00000242. The minimum atomic E-state index is -3.63. The van der Waals surface area contributed by atoms with E-state index in [1.54, 1.807) is 0 Å². The zero-order chi connectivity index (χ0) is 15.7. The van der Waals surface area contributed by atoms with E-state index in [0.717, 1.165) is 12.8 Å². The summed E-state index contributed by atoms with van der Waals surface area (Å²) >= 11 is 0. The zero-order valence-electron chi connectivity index (χ0n) is 12.1. The Morgan fingerprint density at radius 1 is 1.14 bits per heavy atom. The van der Waals surface area contributed by atoms with Crippen molar-refractivity contribution in [3.8, 4) is 0 Å². The molecule has 1 aliphatic rings. The molecule has 1 saturated heterocycles. The summed E-state index contributed by atoms with van der Waals surface area (Å²) in [5.74, 6) is 0. The number of piperidine rings is 1. The molecule has 1 aromatic carbocycles. The van der Waals surface area contributed by atoms with Crippen molar-refractivity contribution < 1.29 is 16.8 Å². The van der Waals surface area contributed by atoms with Crippen LogP contribution in [0.2, 0.25) is 0 Å².